The molecule has 1 unspecified atom stereocenters. The maximum absolute atomic E-state index is 11.8. The third kappa shape index (κ3) is 4.19. The number of amides is 1. The van der Waals surface area contributed by atoms with Gasteiger partial charge in [-0.05, 0) is 25.3 Å². The minimum absolute atomic E-state index is 0.129. The monoisotopic (exact) mass is 223 g/mol. The molecular weight excluding hydrogens is 202 g/mol. The highest BCUT2D eigenvalue weighted by atomic mass is 16.2. The molecule has 0 saturated carbocycles. The van der Waals surface area contributed by atoms with E-state index in [0.29, 0.717) is 25.4 Å². The van der Waals surface area contributed by atoms with E-state index in [0.717, 1.165) is 13.1 Å². The standard InChI is InChI=1S/C12H21N3O/c1-11-5-3-8-15(9-11)10-12(16)14(2)7-4-6-13/h11H,3-5,7-10H2,1-2H3. The zero-order chi connectivity index (χ0) is 12.0. The fourth-order valence-electron chi connectivity index (χ4n) is 2.08. The van der Waals surface area contributed by atoms with Crippen LogP contribution in [0.1, 0.15) is 26.2 Å². The molecule has 1 rings (SSSR count). The molecule has 1 heterocycles. The normalized spacial score (nSPS) is 21.4. The molecule has 1 aliphatic heterocycles. The third-order valence-electron chi connectivity index (χ3n) is 3.08. The van der Waals surface area contributed by atoms with Crippen molar-refractivity contribution in [3.63, 3.8) is 0 Å². The number of hydrogen-bond donors (Lipinski definition) is 0. The van der Waals surface area contributed by atoms with Gasteiger partial charge in [0.15, 0.2) is 0 Å². The largest absolute Gasteiger partial charge is 0.344 e. The van der Waals surface area contributed by atoms with Crippen molar-refractivity contribution in [2.24, 2.45) is 5.92 Å². The molecule has 0 aromatic heterocycles. The summed E-state index contributed by atoms with van der Waals surface area (Å²) in [6, 6.07) is 2.06. The molecule has 1 amide bonds. The average molecular weight is 223 g/mol. The van der Waals surface area contributed by atoms with Gasteiger partial charge in [0, 0.05) is 20.1 Å². The van der Waals surface area contributed by atoms with Crippen molar-refractivity contribution in [2.45, 2.75) is 26.2 Å². The number of rotatable bonds is 4. The Morgan fingerprint density at radius 2 is 2.38 bits per heavy atom. The van der Waals surface area contributed by atoms with Crippen molar-refractivity contribution in [1.29, 1.82) is 5.26 Å². The molecule has 1 aliphatic rings. The summed E-state index contributed by atoms with van der Waals surface area (Å²) < 4.78 is 0. The van der Waals surface area contributed by atoms with Gasteiger partial charge in [0.05, 0.1) is 19.0 Å². The fraction of sp³-hybridized carbons (Fsp3) is 0.833. The highest BCUT2D eigenvalue weighted by Crippen LogP contribution is 2.15. The van der Waals surface area contributed by atoms with Crippen LogP contribution in [-0.2, 0) is 4.79 Å². The number of nitrogens with zero attached hydrogens (tertiary/aromatic N) is 3. The van der Waals surface area contributed by atoms with Crippen LogP contribution in [-0.4, -0.2) is 48.9 Å². The first-order valence-corrected chi connectivity index (χ1v) is 5.96. The highest BCUT2D eigenvalue weighted by Gasteiger charge is 2.19. The predicted octanol–water partition coefficient (Wildman–Crippen LogP) is 1.09. The predicted molar refractivity (Wildman–Crippen MR) is 62.7 cm³/mol. The zero-order valence-corrected chi connectivity index (χ0v) is 10.3. The lowest BCUT2D eigenvalue weighted by Crippen LogP contribution is -2.42. The second kappa shape index (κ2) is 6.49. The first-order valence-electron chi connectivity index (χ1n) is 5.96. The Morgan fingerprint density at radius 3 is 3.00 bits per heavy atom. The molecule has 1 saturated heterocycles. The van der Waals surface area contributed by atoms with Crippen molar-refractivity contribution < 1.29 is 4.79 Å². The van der Waals surface area contributed by atoms with Gasteiger partial charge < -0.3 is 4.90 Å². The van der Waals surface area contributed by atoms with Crippen molar-refractivity contribution in [3.8, 4) is 6.07 Å². The summed E-state index contributed by atoms with van der Waals surface area (Å²) in [4.78, 5) is 15.7. The van der Waals surface area contributed by atoms with Gasteiger partial charge in [-0.3, -0.25) is 9.69 Å². The smallest absolute Gasteiger partial charge is 0.236 e. The second-order valence-electron chi connectivity index (χ2n) is 4.71. The van der Waals surface area contributed by atoms with E-state index in [1.54, 1.807) is 11.9 Å². The van der Waals surface area contributed by atoms with E-state index in [1.165, 1.54) is 12.8 Å². The molecular formula is C12H21N3O. The van der Waals surface area contributed by atoms with E-state index in [-0.39, 0.29) is 5.91 Å². The lowest BCUT2D eigenvalue weighted by molar-refractivity contribution is -0.131. The van der Waals surface area contributed by atoms with Crippen LogP contribution in [0.15, 0.2) is 0 Å². The molecule has 0 bridgehead atoms. The number of carbonyl (C=O) groups excluding carboxylic acids is 1. The van der Waals surface area contributed by atoms with Crippen molar-refractivity contribution in [2.75, 3.05) is 33.2 Å². The van der Waals surface area contributed by atoms with Gasteiger partial charge in [0.1, 0.15) is 0 Å². The molecule has 90 valence electrons. The summed E-state index contributed by atoms with van der Waals surface area (Å²) >= 11 is 0. The minimum Gasteiger partial charge on any atom is -0.344 e. The first kappa shape index (κ1) is 13.0. The number of likely N-dealkylation sites (N-methyl/N-ethyl adjacent to an activating group) is 1. The van der Waals surface area contributed by atoms with Crippen molar-refractivity contribution in [1.82, 2.24) is 9.80 Å². The quantitative estimate of drug-likeness (QED) is 0.717. The highest BCUT2D eigenvalue weighted by molar-refractivity contribution is 5.78. The van der Waals surface area contributed by atoms with Crippen LogP contribution < -0.4 is 0 Å². The van der Waals surface area contributed by atoms with Gasteiger partial charge in [-0.25, -0.2) is 0 Å². The average Bonchev–Trinajstić information content (AvgIpc) is 2.25. The van der Waals surface area contributed by atoms with Gasteiger partial charge >= 0.3 is 0 Å². The van der Waals surface area contributed by atoms with Gasteiger partial charge in [-0.2, -0.15) is 5.26 Å². The third-order valence-corrected chi connectivity index (χ3v) is 3.08. The fourth-order valence-corrected chi connectivity index (χ4v) is 2.08. The molecule has 4 nitrogen and oxygen atoms in total. The summed E-state index contributed by atoms with van der Waals surface area (Å²) in [7, 11) is 1.77. The Morgan fingerprint density at radius 1 is 1.62 bits per heavy atom. The lowest BCUT2D eigenvalue weighted by atomic mass is 10.0. The number of carbonyl (C=O) groups is 1. The number of nitriles is 1. The van der Waals surface area contributed by atoms with E-state index in [4.69, 9.17) is 5.26 Å². The van der Waals surface area contributed by atoms with E-state index in [9.17, 15) is 4.79 Å². The summed E-state index contributed by atoms with van der Waals surface area (Å²) in [6.07, 6.45) is 2.88. The van der Waals surface area contributed by atoms with E-state index < -0.39 is 0 Å². The van der Waals surface area contributed by atoms with Gasteiger partial charge in [0.25, 0.3) is 0 Å². The van der Waals surface area contributed by atoms with Crippen LogP contribution in [0, 0.1) is 17.2 Å². The summed E-state index contributed by atoms with van der Waals surface area (Å²) in [5, 5.41) is 8.45. The van der Waals surface area contributed by atoms with Crippen LogP contribution >= 0.6 is 0 Å². The number of hydrogen-bond acceptors (Lipinski definition) is 3. The van der Waals surface area contributed by atoms with Crippen LogP contribution in [0.2, 0.25) is 0 Å². The van der Waals surface area contributed by atoms with Crippen LogP contribution in [0.25, 0.3) is 0 Å². The lowest BCUT2D eigenvalue weighted by Gasteiger charge is -2.31. The van der Waals surface area contributed by atoms with Crippen LogP contribution in [0.3, 0.4) is 0 Å². The molecule has 0 aliphatic carbocycles. The molecule has 16 heavy (non-hydrogen) atoms. The van der Waals surface area contributed by atoms with E-state index in [2.05, 4.69) is 17.9 Å². The van der Waals surface area contributed by atoms with Crippen molar-refractivity contribution >= 4 is 5.91 Å². The van der Waals surface area contributed by atoms with E-state index in [1.807, 2.05) is 0 Å². The van der Waals surface area contributed by atoms with Gasteiger partial charge in [-0.1, -0.05) is 6.92 Å². The summed E-state index contributed by atoms with van der Waals surface area (Å²) in [5.74, 6) is 0.829. The van der Waals surface area contributed by atoms with Gasteiger partial charge in [0.2, 0.25) is 5.91 Å². The molecule has 0 aromatic rings. The molecule has 0 spiro atoms. The Bertz CT molecular complexity index is 272. The molecule has 1 atom stereocenters. The molecule has 0 aromatic carbocycles. The zero-order valence-electron chi connectivity index (χ0n) is 10.3. The molecule has 0 radical (unpaired) electrons. The first-order chi connectivity index (χ1) is 7.63. The van der Waals surface area contributed by atoms with E-state index >= 15 is 0 Å². The SMILES string of the molecule is CC1CCCN(CC(=O)N(C)CCC#N)C1. The maximum Gasteiger partial charge on any atom is 0.236 e. The van der Waals surface area contributed by atoms with Crippen LogP contribution in [0.4, 0.5) is 0 Å². The Hall–Kier alpha value is -1.08. The summed E-state index contributed by atoms with van der Waals surface area (Å²) in [6.45, 7) is 5.33. The maximum atomic E-state index is 11.8. The number of piperidine rings is 1. The second-order valence-corrected chi connectivity index (χ2v) is 4.71. The minimum atomic E-state index is 0.129. The topological polar surface area (TPSA) is 47.3 Å². The van der Waals surface area contributed by atoms with Crippen LogP contribution in [0.5, 0.6) is 0 Å². The Balaban J connectivity index is 2.30. The number of likely N-dealkylation sites (tertiary alicyclic amines) is 1. The Kier molecular flexibility index (Phi) is 5.27. The molecule has 4 heteroatoms. The molecule has 0 N–H and O–H groups in total. The van der Waals surface area contributed by atoms with Gasteiger partial charge in [-0.15, -0.1) is 0 Å². The van der Waals surface area contributed by atoms with Crippen molar-refractivity contribution in [3.05, 3.63) is 0 Å². The summed E-state index contributed by atoms with van der Waals surface area (Å²) in [5.41, 5.74) is 0. The molecule has 1 fully saturated rings. The Labute approximate surface area is 97.8 Å².